The molecule has 1 N–H and O–H groups in total. The second-order valence-electron chi connectivity index (χ2n) is 3.74. The second-order valence-corrected chi connectivity index (χ2v) is 3.74. The highest BCUT2D eigenvalue weighted by molar-refractivity contribution is 5.47. The van der Waals surface area contributed by atoms with Crippen LogP contribution in [0.15, 0.2) is 24.3 Å². The summed E-state index contributed by atoms with van der Waals surface area (Å²) < 4.78 is 36.4. The maximum Gasteiger partial charge on any atom is 0.405 e. The van der Waals surface area contributed by atoms with Crippen molar-refractivity contribution in [3.63, 3.8) is 0 Å². The molecule has 1 aromatic carbocycles. The number of nitrogens with zero attached hydrogens (tertiary/aromatic N) is 1. The van der Waals surface area contributed by atoms with E-state index < -0.39 is 18.8 Å². The van der Waals surface area contributed by atoms with Gasteiger partial charge in [-0.05, 0) is 24.6 Å². The van der Waals surface area contributed by atoms with Gasteiger partial charge in [0, 0.05) is 12.7 Å². The van der Waals surface area contributed by atoms with E-state index in [0.717, 1.165) is 4.90 Å². The van der Waals surface area contributed by atoms with Gasteiger partial charge in [-0.15, -0.1) is 0 Å². The molecule has 2 nitrogen and oxygen atoms in total. The van der Waals surface area contributed by atoms with Crippen molar-refractivity contribution in [3.05, 3.63) is 29.8 Å². The Hall–Kier alpha value is -1.23. The average Bonchev–Trinajstić information content (AvgIpc) is 2.15. The van der Waals surface area contributed by atoms with E-state index >= 15 is 0 Å². The summed E-state index contributed by atoms with van der Waals surface area (Å²) in [6.07, 6.45) is -4.82. The van der Waals surface area contributed by atoms with E-state index in [-0.39, 0.29) is 0 Å². The predicted molar refractivity (Wildman–Crippen MR) is 56.4 cm³/mol. The molecule has 0 saturated heterocycles. The Balaban J connectivity index is 2.74. The van der Waals surface area contributed by atoms with Gasteiger partial charge in [-0.1, -0.05) is 12.1 Å². The lowest BCUT2D eigenvalue weighted by Crippen LogP contribution is -2.30. The lowest BCUT2D eigenvalue weighted by Gasteiger charge is -2.21. The maximum atomic E-state index is 12.1. The number of aliphatic hydroxyl groups is 1. The highest BCUT2D eigenvalue weighted by atomic mass is 19.4. The minimum absolute atomic E-state index is 0.474. The van der Waals surface area contributed by atoms with Gasteiger partial charge in [-0.25, -0.2) is 0 Å². The zero-order chi connectivity index (χ0) is 12.3. The van der Waals surface area contributed by atoms with Crippen LogP contribution in [0.25, 0.3) is 0 Å². The van der Waals surface area contributed by atoms with Gasteiger partial charge >= 0.3 is 6.18 Å². The summed E-state index contributed by atoms with van der Waals surface area (Å²) in [6.45, 7) is 0.620. The van der Waals surface area contributed by atoms with Crippen molar-refractivity contribution < 1.29 is 18.3 Å². The van der Waals surface area contributed by atoms with Crippen LogP contribution in [0.4, 0.5) is 18.9 Å². The highest BCUT2D eigenvalue weighted by Crippen LogP contribution is 2.22. The van der Waals surface area contributed by atoms with Gasteiger partial charge < -0.3 is 10.0 Å². The predicted octanol–water partition coefficient (Wildman–Crippen LogP) is 2.74. The van der Waals surface area contributed by atoms with E-state index in [1.54, 1.807) is 31.2 Å². The first kappa shape index (κ1) is 12.8. The molecule has 1 aromatic rings. The smallest absolute Gasteiger partial charge is 0.389 e. The summed E-state index contributed by atoms with van der Waals surface area (Å²) in [5.41, 5.74) is 1.16. The van der Waals surface area contributed by atoms with E-state index in [2.05, 4.69) is 0 Å². The standard InChI is InChI=1S/C11H14F3NO/c1-8(16)9-3-5-10(6-4-9)15(2)7-11(12,13)14/h3-6,8,16H,7H2,1-2H3. The molecule has 1 unspecified atom stereocenters. The van der Waals surface area contributed by atoms with Gasteiger partial charge in [0.1, 0.15) is 6.54 Å². The monoisotopic (exact) mass is 233 g/mol. The van der Waals surface area contributed by atoms with Gasteiger partial charge in [-0.2, -0.15) is 13.2 Å². The number of hydrogen-bond donors (Lipinski definition) is 1. The van der Waals surface area contributed by atoms with Gasteiger partial charge in [0.25, 0.3) is 0 Å². The van der Waals surface area contributed by atoms with Crippen molar-refractivity contribution in [2.75, 3.05) is 18.5 Å². The largest absolute Gasteiger partial charge is 0.405 e. The zero-order valence-corrected chi connectivity index (χ0v) is 9.12. The fourth-order valence-corrected chi connectivity index (χ4v) is 1.37. The summed E-state index contributed by atoms with van der Waals surface area (Å²) in [6, 6.07) is 6.36. The molecule has 0 bridgehead atoms. The fourth-order valence-electron chi connectivity index (χ4n) is 1.37. The van der Waals surface area contributed by atoms with Crippen LogP contribution in [0.5, 0.6) is 0 Å². The molecule has 1 rings (SSSR count). The number of halogens is 3. The van der Waals surface area contributed by atoms with Crippen molar-refractivity contribution in [2.24, 2.45) is 0 Å². The molecular formula is C11H14F3NO. The SMILES string of the molecule is CC(O)c1ccc(N(C)CC(F)(F)F)cc1. The van der Waals surface area contributed by atoms with E-state index in [1.165, 1.54) is 7.05 Å². The van der Waals surface area contributed by atoms with Crippen molar-refractivity contribution in [1.82, 2.24) is 0 Å². The van der Waals surface area contributed by atoms with E-state index in [1.807, 2.05) is 0 Å². The molecule has 0 aromatic heterocycles. The number of rotatable bonds is 3. The number of alkyl halides is 3. The van der Waals surface area contributed by atoms with Gasteiger partial charge in [-0.3, -0.25) is 0 Å². The van der Waals surface area contributed by atoms with E-state index in [4.69, 9.17) is 0 Å². The molecule has 0 heterocycles. The molecule has 0 radical (unpaired) electrons. The Morgan fingerprint density at radius 2 is 1.75 bits per heavy atom. The third kappa shape index (κ3) is 3.73. The average molecular weight is 233 g/mol. The molecular weight excluding hydrogens is 219 g/mol. The molecule has 0 spiro atoms. The first-order valence-corrected chi connectivity index (χ1v) is 4.85. The molecule has 0 aliphatic carbocycles. The highest BCUT2D eigenvalue weighted by Gasteiger charge is 2.29. The Labute approximate surface area is 92.3 Å². The van der Waals surface area contributed by atoms with Crippen LogP contribution in [0.1, 0.15) is 18.6 Å². The number of aliphatic hydroxyl groups excluding tert-OH is 1. The van der Waals surface area contributed by atoms with Crippen LogP contribution in [-0.4, -0.2) is 24.9 Å². The van der Waals surface area contributed by atoms with Crippen molar-refractivity contribution in [1.29, 1.82) is 0 Å². The van der Waals surface area contributed by atoms with Gasteiger partial charge in [0.05, 0.1) is 6.10 Å². The Kier molecular flexibility index (Phi) is 3.80. The third-order valence-electron chi connectivity index (χ3n) is 2.23. The fraction of sp³-hybridized carbons (Fsp3) is 0.455. The zero-order valence-electron chi connectivity index (χ0n) is 9.12. The summed E-state index contributed by atoms with van der Waals surface area (Å²) >= 11 is 0. The Morgan fingerprint density at radius 3 is 2.12 bits per heavy atom. The number of anilines is 1. The summed E-state index contributed by atoms with van der Waals surface area (Å²) in [4.78, 5) is 1.12. The Morgan fingerprint density at radius 1 is 1.25 bits per heavy atom. The molecule has 0 aliphatic rings. The quantitative estimate of drug-likeness (QED) is 0.867. The van der Waals surface area contributed by atoms with Crippen molar-refractivity contribution in [2.45, 2.75) is 19.2 Å². The molecule has 1 atom stereocenters. The summed E-state index contributed by atoms with van der Waals surface area (Å²) in [5.74, 6) is 0. The molecule has 0 aliphatic heterocycles. The van der Waals surface area contributed by atoms with Crippen LogP contribution in [0.3, 0.4) is 0 Å². The molecule has 90 valence electrons. The third-order valence-corrected chi connectivity index (χ3v) is 2.23. The van der Waals surface area contributed by atoms with E-state index in [0.29, 0.717) is 11.3 Å². The van der Waals surface area contributed by atoms with Gasteiger partial charge in [0.15, 0.2) is 0 Å². The molecule has 0 amide bonds. The number of benzene rings is 1. The molecule has 0 saturated carbocycles. The Bertz CT molecular complexity index is 332. The van der Waals surface area contributed by atoms with Crippen LogP contribution < -0.4 is 4.90 Å². The lowest BCUT2D eigenvalue weighted by atomic mass is 10.1. The molecule has 0 fully saturated rings. The van der Waals surface area contributed by atoms with Crippen LogP contribution in [0, 0.1) is 0 Å². The first-order chi connectivity index (χ1) is 7.29. The summed E-state index contributed by atoms with van der Waals surface area (Å²) in [5, 5.41) is 9.25. The molecule has 5 heteroatoms. The van der Waals surface area contributed by atoms with Crippen LogP contribution in [-0.2, 0) is 0 Å². The van der Waals surface area contributed by atoms with Crippen molar-refractivity contribution in [3.8, 4) is 0 Å². The van der Waals surface area contributed by atoms with Gasteiger partial charge in [0.2, 0.25) is 0 Å². The van der Waals surface area contributed by atoms with Crippen LogP contribution >= 0.6 is 0 Å². The minimum atomic E-state index is -4.21. The first-order valence-electron chi connectivity index (χ1n) is 4.85. The second kappa shape index (κ2) is 4.74. The number of hydrogen-bond acceptors (Lipinski definition) is 2. The lowest BCUT2D eigenvalue weighted by molar-refractivity contribution is -0.119. The van der Waals surface area contributed by atoms with Crippen molar-refractivity contribution >= 4 is 5.69 Å². The van der Waals surface area contributed by atoms with E-state index in [9.17, 15) is 18.3 Å². The normalized spacial score (nSPS) is 13.6. The van der Waals surface area contributed by atoms with Crippen LogP contribution in [0.2, 0.25) is 0 Å². The maximum absolute atomic E-state index is 12.1. The molecule has 16 heavy (non-hydrogen) atoms. The summed E-state index contributed by atoms with van der Waals surface area (Å²) in [7, 11) is 1.38. The topological polar surface area (TPSA) is 23.5 Å². The minimum Gasteiger partial charge on any atom is -0.389 e.